The van der Waals surface area contributed by atoms with Gasteiger partial charge in [-0.2, -0.15) is 0 Å². The van der Waals surface area contributed by atoms with Crippen LogP contribution in [0.25, 0.3) is 0 Å². The van der Waals surface area contributed by atoms with Gasteiger partial charge in [0, 0.05) is 23.0 Å². The summed E-state index contributed by atoms with van der Waals surface area (Å²) < 4.78 is 15.3. The molecule has 1 saturated carbocycles. The second kappa shape index (κ2) is 8.37. The third kappa shape index (κ3) is 3.06. The highest BCUT2D eigenvalue weighted by Gasteiger charge is 2.76. The normalized spacial score (nSPS) is 34.3. The third-order valence-electron chi connectivity index (χ3n) is 8.43. The highest BCUT2D eigenvalue weighted by Crippen LogP contribution is 2.66. The predicted octanol–water partition coefficient (Wildman–Crippen LogP) is 4.49. The fraction of sp³-hybridized carbons (Fsp3) is 0.333. The predicted molar refractivity (Wildman–Crippen MR) is 140 cm³/mol. The molecule has 7 nitrogen and oxygen atoms in total. The number of likely N-dealkylation sites (tertiary alicyclic amines) is 1. The van der Waals surface area contributed by atoms with Crippen LogP contribution in [0.3, 0.4) is 0 Å². The zero-order valence-electron chi connectivity index (χ0n) is 19.8. The quantitative estimate of drug-likeness (QED) is 0.303. The number of halogens is 4. The van der Waals surface area contributed by atoms with Gasteiger partial charge in [-0.3, -0.25) is 29.0 Å². The number of anilines is 1. The summed E-state index contributed by atoms with van der Waals surface area (Å²) in [6.45, 7) is 0. The van der Waals surface area contributed by atoms with Crippen molar-refractivity contribution < 1.29 is 28.7 Å². The molecule has 0 radical (unpaired) electrons. The molecule has 2 aliphatic heterocycles. The first kappa shape index (κ1) is 25.5. The molecule has 196 valence electrons. The van der Waals surface area contributed by atoms with Crippen LogP contribution in [0.15, 0.2) is 58.6 Å². The van der Waals surface area contributed by atoms with Gasteiger partial charge in [-0.25, -0.2) is 4.39 Å². The highest BCUT2D eigenvalue weighted by molar-refractivity contribution is 9.10. The molecule has 1 N–H and O–H groups in total. The number of rotatable bonds is 2. The molecule has 4 aliphatic rings. The van der Waals surface area contributed by atoms with Crippen LogP contribution in [0.1, 0.15) is 24.3 Å². The zero-order chi connectivity index (χ0) is 27.3. The number of carbonyl (C=O) groups excluding carboxylic acids is 4. The van der Waals surface area contributed by atoms with E-state index in [9.17, 15) is 28.7 Å². The Hall–Kier alpha value is -2.75. The monoisotopic (exact) mass is 620 g/mol. The summed E-state index contributed by atoms with van der Waals surface area (Å²) >= 11 is 17.4. The van der Waals surface area contributed by atoms with Crippen LogP contribution in [-0.4, -0.2) is 50.4 Å². The molecule has 2 heterocycles. The smallest absolute Gasteiger partial charge is 0.253 e. The van der Waals surface area contributed by atoms with Crippen LogP contribution in [0.2, 0.25) is 0 Å². The van der Waals surface area contributed by atoms with E-state index in [4.69, 9.17) is 23.2 Å². The van der Waals surface area contributed by atoms with Crippen molar-refractivity contribution in [2.75, 3.05) is 11.9 Å². The number of hydrogen-bond acceptors (Lipinski definition) is 5. The lowest BCUT2D eigenvalue weighted by Crippen LogP contribution is -2.60. The number of para-hydroxylation sites is 1. The van der Waals surface area contributed by atoms with Gasteiger partial charge < -0.3 is 5.11 Å². The number of phenolic OH excluding ortho intramolecular Hbond substituents is 1. The Morgan fingerprint density at radius 3 is 2.37 bits per heavy atom. The van der Waals surface area contributed by atoms with Crippen molar-refractivity contribution in [3.8, 4) is 5.75 Å². The minimum Gasteiger partial charge on any atom is -0.505 e. The van der Waals surface area contributed by atoms with Crippen molar-refractivity contribution in [1.82, 2.24) is 4.90 Å². The number of fused-ring (bicyclic) bond motifs is 4. The van der Waals surface area contributed by atoms with E-state index in [1.165, 1.54) is 19.2 Å². The van der Waals surface area contributed by atoms with E-state index in [0.29, 0.717) is 11.3 Å². The minimum atomic E-state index is -2.09. The molecule has 6 atom stereocenters. The van der Waals surface area contributed by atoms with Gasteiger partial charge in [-0.1, -0.05) is 39.7 Å². The number of alkyl halides is 2. The molecular weight excluding hydrogens is 602 g/mol. The summed E-state index contributed by atoms with van der Waals surface area (Å²) in [5, 5.41) is 10.7. The Balaban J connectivity index is 1.53. The number of nitrogens with zero attached hydrogens (tertiary/aromatic N) is 2. The standard InChI is InChI=1S/C27H20BrCl2FN2O5/c1-32-24(37)26(29)11-17-14(20(27(26,30)25(32)38)16-3-2-4-18(31)21(16)34)9-10-15-19(17)23(36)33(22(15)35)13-7-5-12(28)6-8-13/h2-9,15,17,19-20,34H,10-11H2,1H3. The SMILES string of the molecule is CN1C(=O)C2(Cl)CC3C(=CCC4C(=O)N(c5ccc(Br)cc5)C(=O)C43)C(c3cccc(F)c3O)C2(Cl)C1=O. The Kier molecular flexibility index (Phi) is 5.62. The lowest BCUT2D eigenvalue weighted by molar-refractivity contribution is -0.138. The first-order chi connectivity index (χ1) is 17.9. The van der Waals surface area contributed by atoms with Gasteiger partial charge in [0.05, 0.1) is 17.5 Å². The van der Waals surface area contributed by atoms with Crippen LogP contribution in [0.5, 0.6) is 5.75 Å². The van der Waals surface area contributed by atoms with Gasteiger partial charge in [-0.15, -0.1) is 23.2 Å². The summed E-state index contributed by atoms with van der Waals surface area (Å²) in [5.41, 5.74) is 0.875. The van der Waals surface area contributed by atoms with Crippen molar-refractivity contribution >= 4 is 68.4 Å². The van der Waals surface area contributed by atoms with Crippen molar-refractivity contribution in [1.29, 1.82) is 0 Å². The molecular formula is C27H20BrCl2FN2O5. The number of phenols is 1. The maximum Gasteiger partial charge on any atom is 0.253 e. The molecule has 6 unspecified atom stereocenters. The number of allylic oxidation sites excluding steroid dienone is 2. The Morgan fingerprint density at radius 2 is 1.68 bits per heavy atom. The third-order valence-corrected chi connectivity index (χ3v) is 10.4. The highest BCUT2D eigenvalue weighted by atomic mass is 79.9. The van der Waals surface area contributed by atoms with Gasteiger partial charge in [0.15, 0.2) is 21.3 Å². The van der Waals surface area contributed by atoms with Crippen molar-refractivity contribution in [2.45, 2.75) is 28.5 Å². The minimum absolute atomic E-state index is 0.0163. The van der Waals surface area contributed by atoms with E-state index in [2.05, 4.69) is 15.9 Å². The van der Waals surface area contributed by atoms with Gasteiger partial charge >= 0.3 is 0 Å². The molecule has 2 saturated heterocycles. The fourth-order valence-corrected chi connectivity index (χ4v) is 7.97. The fourth-order valence-electron chi connectivity index (χ4n) is 6.70. The van der Waals surface area contributed by atoms with Gasteiger partial charge in [-0.05, 0) is 49.1 Å². The summed E-state index contributed by atoms with van der Waals surface area (Å²) in [6.07, 6.45) is 1.72. The number of hydrogen-bond donors (Lipinski definition) is 1. The van der Waals surface area contributed by atoms with E-state index in [0.717, 1.165) is 20.3 Å². The number of amides is 4. The lowest BCUT2D eigenvalue weighted by Gasteiger charge is -2.50. The lowest BCUT2D eigenvalue weighted by atomic mass is 9.56. The summed E-state index contributed by atoms with van der Waals surface area (Å²) in [5.74, 6) is -7.58. The molecule has 0 bridgehead atoms. The van der Waals surface area contributed by atoms with Crippen molar-refractivity contribution in [2.24, 2.45) is 17.8 Å². The van der Waals surface area contributed by atoms with E-state index < -0.39 is 62.7 Å². The topological polar surface area (TPSA) is 95.0 Å². The first-order valence-corrected chi connectivity index (χ1v) is 13.5. The van der Waals surface area contributed by atoms with Gasteiger partial charge in [0.1, 0.15) is 0 Å². The summed E-state index contributed by atoms with van der Waals surface area (Å²) in [4.78, 5) is 52.1. The second-order valence-corrected chi connectivity index (χ2v) is 12.3. The maximum absolute atomic E-state index is 14.6. The molecule has 2 aromatic rings. The number of benzene rings is 2. The summed E-state index contributed by atoms with van der Waals surface area (Å²) in [6, 6.07) is 10.6. The second-order valence-electron chi connectivity index (χ2n) is 10.2. The molecule has 2 aliphatic carbocycles. The molecule has 11 heteroatoms. The first-order valence-electron chi connectivity index (χ1n) is 11.9. The molecule has 0 spiro atoms. The molecule has 0 aromatic heterocycles. The largest absolute Gasteiger partial charge is 0.505 e. The molecule has 38 heavy (non-hydrogen) atoms. The van der Waals surface area contributed by atoms with Crippen LogP contribution < -0.4 is 4.90 Å². The molecule has 3 fully saturated rings. The van der Waals surface area contributed by atoms with E-state index in [-0.39, 0.29) is 24.3 Å². The Labute approximate surface area is 235 Å². The Morgan fingerprint density at radius 1 is 1.00 bits per heavy atom. The maximum atomic E-state index is 14.6. The van der Waals surface area contributed by atoms with Crippen LogP contribution in [0, 0.1) is 23.6 Å². The molecule has 6 rings (SSSR count). The molecule has 4 amide bonds. The average Bonchev–Trinajstić information content (AvgIpc) is 3.22. The van der Waals surface area contributed by atoms with Gasteiger partial charge in [0.2, 0.25) is 11.8 Å². The number of carbonyl (C=O) groups is 4. The van der Waals surface area contributed by atoms with Crippen LogP contribution >= 0.6 is 39.1 Å². The molecule has 2 aromatic carbocycles. The van der Waals surface area contributed by atoms with Crippen molar-refractivity contribution in [3.05, 3.63) is 70.0 Å². The Bertz CT molecular complexity index is 1480. The number of imide groups is 2. The van der Waals surface area contributed by atoms with E-state index >= 15 is 0 Å². The zero-order valence-corrected chi connectivity index (χ0v) is 22.9. The number of aromatic hydroxyl groups is 1. The van der Waals surface area contributed by atoms with E-state index in [1.54, 1.807) is 30.3 Å². The van der Waals surface area contributed by atoms with E-state index in [1.807, 2.05) is 0 Å². The van der Waals surface area contributed by atoms with Crippen LogP contribution in [-0.2, 0) is 19.2 Å². The van der Waals surface area contributed by atoms with Crippen molar-refractivity contribution in [3.63, 3.8) is 0 Å². The van der Waals surface area contributed by atoms with Gasteiger partial charge in [0.25, 0.3) is 11.8 Å². The summed E-state index contributed by atoms with van der Waals surface area (Å²) in [7, 11) is 1.26. The van der Waals surface area contributed by atoms with Crippen LogP contribution in [0.4, 0.5) is 10.1 Å². The average molecular weight is 622 g/mol.